The third-order valence-electron chi connectivity index (χ3n) is 2.02. The van der Waals surface area contributed by atoms with Crippen molar-refractivity contribution in [1.82, 2.24) is 15.2 Å². The highest BCUT2D eigenvalue weighted by Crippen LogP contribution is 2.34. The second-order valence-corrected chi connectivity index (χ2v) is 3.26. The van der Waals surface area contributed by atoms with Crippen molar-refractivity contribution < 1.29 is 5.11 Å². The average molecular weight is 171 g/mol. The minimum Gasteiger partial charge on any atom is -0.393 e. The molecule has 3 N–H and O–H groups in total. The minimum atomic E-state index is -0.140. The van der Waals surface area contributed by atoms with Gasteiger partial charge in [-0.2, -0.15) is 0 Å². The van der Waals surface area contributed by atoms with E-state index < -0.39 is 0 Å². The summed E-state index contributed by atoms with van der Waals surface area (Å²) in [6.45, 7) is 0. The summed E-state index contributed by atoms with van der Waals surface area (Å²) in [5.74, 6) is 1.25. The first-order valence-electron chi connectivity index (χ1n) is 3.58. The number of aromatic amines is 2. The van der Waals surface area contributed by atoms with Crippen LogP contribution in [0.3, 0.4) is 0 Å². The molecular formula is C6H9N3OS. The molecule has 0 radical (unpaired) electrons. The van der Waals surface area contributed by atoms with Crippen molar-refractivity contribution in [1.29, 1.82) is 0 Å². The highest BCUT2D eigenvalue weighted by atomic mass is 32.1. The first kappa shape index (κ1) is 7.00. The zero-order chi connectivity index (χ0) is 7.84. The Bertz CT molecular complexity index is 299. The fourth-order valence-electron chi connectivity index (χ4n) is 1.29. The van der Waals surface area contributed by atoms with Gasteiger partial charge in [0.2, 0.25) is 4.77 Å². The van der Waals surface area contributed by atoms with Gasteiger partial charge in [0.25, 0.3) is 0 Å². The molecule has 2 rings (SSSR count). The number of hydrogen-bond donors (Lipinski definition) is 3. The second-order valence-electron chi connectivity index (χ2n) is 2.87. The summed E-state index contributed by atoms with van der Waals surface area (Å²) in [6.07, 6.45) is 1.46. The number of aromatic nitrogens is 3. The molecule has 1 aliphatic rings. The van der Waals surface area contributed by atoms with Crippen LogP contribution in [0.2, 0.25) is 0 Å². The van der Waals surface area contributed by atoms with Crippen LogP contribution >= 0.6 is 12.2 Å². The minimum absolute atomic E-state index is 0.140. The molecule has 1 aliphatic carbocycles. The van der Waals surface area contributed by atoms with E-state index in [1.54, 1.807) is 0 Å². The zero-order valence-electron chi connectivity index (χ0n) is 5.87. The summed E-state index contributed by atoms with van der Waals surface area (Å²) >= 11 is 4.79. The maximum atomic E-state index is 9.01. The van der Waals surface area contributed by atoms with Gasteiger partial charge < -0.3 is 5.11 Å². The molecule has 0 aromatic carbocycles. The lowest BCUT2D eigenvalue weighted by atomic mass is 9.82. The highest BCUT2D eigenvalue weighted by Gasteiger charge is 2.30. The largest absolute Gasteiger partial charge is 0.393 e. The molecule has 0 amide bonds. The van der Waals surface area contributed by atoms with Gasteiger partial charge in [-0.3, -0.25) is 10.2 Å². The zero-order valence-corrected chi connectivity index (χ0v) is 6.69. The van der Waals surface area contributed by atoms with E-state index in [1.807, 2.05) is 0 Å². The van der Waals surface area contributed by atoms with E-state index in [0.717, 1.165) is 18.7 Å². The molecule has 4 nitrogen and oxygen atoms in total. The van der Waals surface area contributed by atoms with Gasteiger partial charge in [-0.05, 0) is 25.1 Å². The van der Waals surface area contributed by atoms with Crippen LogP contribution in [0.25, 0.3) is 0 Å². The van der Waals surface area contributed by atoms with E-state index in [9.17, 15) is 0 Å². The van der Waals surface area contributed by atoms with Gasteiger partial charge in [0, 0.05) is 5.92 Å². The van der Waals surface area contributed by atoms with E-state index in [-0.39, 0.29) is 6.10 Å². The Kier molecular flexibility index (Phi) is 1.54. The number of nitrogens with zero attached hydrogens (tertiary/aromatic N) is 1. The van der Waals surface area contributed by atoms with Crippen molar-refractivity contribution in [2.45, 2.75) is 24.9 Å². The van der Waals surface area contributed by atoms with Crippen LogP contribution in [-0.4, -0.2) is 26.4 Å². The van der Waals surface area contributed by atoms with Crippen molar-refractivity contribution in [2.75, 3.05) is 0 Å². The van der Waals surface area contributed by atoms with Crippen molar-refractivity contribution in [2.24, 2.45) is 0 Å². The lowest BCUT2D eigenvalue weighted by molar-refractivity contribution is 0.0718. The Morgan fingerprint density at radius 1 is 1.45 bits per heavy atom. The molecule has 0 unspecified atom stereocenters. The number of H-pyrrole nitrogens is 2. The van der Waals surface area contributed by atoms with Gasteiger partial charge in [0.05, 0.1) is 6.10 Å². The summed E-state index contributed by atoms with van der Waals surface area (Å²) in [4.78, 5) is 4.06. The van der Waals surface area contributed by atoms with Crippen molar-refractivity contribution in [3.8, 4) is 0 Å². The van der Waals surface area contributed by atoms with Crippen LogP contribution in [0.15, 0.2) is 0 Å². The predicted octanol–water partition coefficient (Wildman–Crippen LogP) is 0.706. The normalized spacial score (nSPS) is 29.9. The SMILES string of the molecule is OC1CC(c2nc(=S)[nH][nH]2)C1. The molecule has 1 saturated carbocycles. The Balaban J connectivity index is 2.13. The van der Waals surface area contributed by atoms with E-state index in [1.165, 1.54) is 0 Å². The molecule has 0 atom stereocenters. The second kappa shape index (κ2) is 2.42. The number of aliphatic hydroxyl groups excluding tert-OH is 1. The summed E-state index contributed by atoms with van der Waals surface area (Å²) < 4.78 is 0.487. The predicted molar refractivity (Wildman–Crippen MR) is 41.8 cm³/mol. The average Bonchev–Trinajstić information content (AvgIpc) is 2.29. The Morgan fingerprint density at radius 2 is 2.18 bits per heavy atom. The molecule has 1 aromatic rings. The van der Waals surface area contributed by atoms with Gasteiger partial charge in [-0.25, -0.2) is 4.98 Å². The highest BCUT2D eigenvalue weighted by molar-refractivity contribution is 7.71. The summed E-state index contributed by atoms with van der Waals surface area (Å²) in [5, 5.41) is 14.6. The Labute approximate surface area is 68.7 Å². The Morgan fingerprint density at radius 3 is 2.64 bits per heavy atom. The molecule has 0 bridgehead atoms. The maximum Gasteiger partial charge on any atom is 0.213 e. The third kappa shape index (κ3) is 1.21. The van der Waals surface area contributed by atoms with Crippen molar-refractivity contribution in [3.63, 3.8) is 0 Å². The topological polar surface area (TPSA) is 64.7 Å². The maximum absolute atomic E-state index is 9.01. The van der Waals surface area contributed by atoms with E-state index in [0.29, 0.717) is 10.7 Å². The number of nitrogens with one attached hydrogen (secondary N) is 2. The molecule has 1 fully saturated rings. The molecule has 11 heavy (non-hydrogen) atoms. The summed E-state index contributed by atoms with van der Waals surface area (Å²) in [7, 11) is 0. The molecule has 5 heteroatoms. The lowest BCUT2D eigenvalue weighted by Gasteiger charge is -2.29. The quantitative estimate of drug-likeness (QED) is 0.545. The van der Waals surface area contributed by atoms with Crippen LogP contribution in [-0.2, 0) is 0 Å². The number of rotatable bonds is 1. The van der Waals surface area contributed by atoms with Crippen LogP contribution in [0.5, 0.6) is 0 Å². The third-order valence-corrected chi connectivity index (χ3v) is 2.21. The standard InChI is InChI=1S/C6H9N3OS/c10-4-1-3(2-4)5-7-6(11)9-8-5/h3-4,10H,1-2H2,(H2,7,8,9,11). The van der Waals surface area contributed by atoms with Crippen molar-refractivity contribution in [3.05, 3.63) is 10.6 Å². The molecule has 60 valence electrons. The number of hydrogen-bond acceptors (Lipinski definition) is 3. The first-order chi connectivity index (χ1) is 5.25. The monoisotopic (exact) mass is 171 g/mol. The smallest absolute Gasteiger partial charge is 0.213 e. The molecule has 0 aliphatic heterocycles. The van der Waals surface area contributed by atoms with Gasteiger partial charge in [-0.1, -0.05) is 0 Å². The van der Waals surface area contributed by atoms with Crippen LogP contribution < -0.4 is 0 Å². The fourth-order valence-corrected chi connectivity index (χ4v) is 1.44. The van der Waals surface area contributed by atoms with E-state index in [2.05, 4.69) is 15.2 Å². The molecule has 1 aromatic heterocycles. The molecular weight excluding hydrogens is 162 g/mol. The van der Waals surface area contributed by atoms with Gasteiger partial charge in [0.1, 0.15) is 5.82 Å². The summed E-state index contributed by atoms with van der Waals surface area (Å²) in [5.41, 5.74) is 0. The first-order valence-corrected chi connectivity index (χ1v) is 3.99. The van der Waals surface area contributed by atoms with Crippen molar-refractivity contribution >= 4 is 12.2 Å². The van der Waals surface area contributed by atoms with Gasteiger partial charge >= 0.3 is 0 Å². The van der Waals surface area contributed by atoms with Crippen LogP contribution in [0.4, 0.5) is 0 Å². The van der Waals surface area contributed by atoms with Crippen LogP contribution in [0, 0.1) is 4.77 Å². The molecule has 0 saturated heterocycles. The van der Waals surface area contributed by atoms with E-state index >= 15 is 0 Å². The van der Waals surface area contributed by atoms with Crippen LogP contribution in [0.1, 0.15) is 24.6 Å². The molecule has 0 spiro atoms. The lowest BCUT2D eigenvalue weighted by Crippen LogP contribution is -2.27. The van der Waals surface area contributed by atoms with E-state index in [4.69, 9.17) is 17.3 Å². The Hall–Kier alpha value is -0.680. The number of aliphatic hydroxyl groups is 1. The van der Waals surface area contributed by atoms with Gasteiger partial charge in [0.15, 0.2) is 0 Å². The van der Waals surface area contributed by atoms with Gasteiger partial charge in [-0.15, -0.1) is 0 Å². The fraction of sp³-hybridized carbons (Fsp3) is 0.667. The molecule has 1 heterocycles. The summed E-state index contributed by atoms with van der Waals surface area (Å²) in [6, 6.07) is 0.